The molecule has 1 aliphatic rings. The fourth-order valence-corrected chi connectivity index (χ4v) is 4.04. The van der Waals surface area contributed by atoms with E-state index in [1.54, 1.807) is 67.2 Å². The minimum atomic E-state index is -0.499. The Morgan fingerprint density at radius 1 is 1.00 bits per heavy atom. The van der Waals surface area contributed by atoms with E-state index in [0.29, 0.717) is 16.4 Å². The number of nitrogens with zero attached hydrogens (tertiary/aromatic N) is 4. The molecule has 0 saturated carbocycles. The number of carbonyl (C=O) groups excluding carboxylic acids is 2. The molecular formula is C24H23ClN4O3. The van der Waals surface area contributed by atoms with Crippen molar-refractivity contribution in [1.82, 2.24) is 14.7 Å². The van der Waals surface area contributed by atoms with E-state index in [1.165, 1.54) is 9.58 Å². The lowest BCUT2D eigenvalue weighted by atomic mass is 9.98. The predicted octanol–water partition coefficient (Wildman–Crippen LogP) is 3.16. The number of halogens is 1. The third-order valence-electron chi connectivity index (χ3n) is 5.30. The lowest BCUT2D eigenvalue weighted by molar-refractivity contribution is -0.576. The molecule has 7 nitrogen and oxygen atoms in total. The molecule has 2 amide bonds. The van der Waals surface area contributed by atoms with Gasteiger partial charge in [-0.05, 0) is 43.8 Å². The van der Waals surface area contributed by atoms with Crippen LogP contribution in [0.4, 0.5) is 0 Å². The molecule has 0 unspecified atom stereocenters. The van der Waals surface area contributed by atoms with E-state index in [2.05, 4.69) is 5.10 Å². The molecule has 3 heterocycles. The van der Waals surface area contributed by atoms with Gasteiger partial charge in [0.25, 0.3) is 11.6 Å². The average Bonchev–Trinajstić information content (AvgIpc) is 3.21. The van der Waals surface area contributed by atoms with Crippen LogP contribution in [0.15, 0.2) is 54.9 Å². The number of pyridine rings is 1. The van der Waals surface area contributed by atoms with Crippen molar-refractivity contribution in [3.63, 3.8) is 0 Å². The second-order valence-electron chi connectivity index (χ2n) is 8.19. The van der Waals surface area contributed by atoms with Gasteiger partial charge in [0.15, 0.2) is 12.4 Å². The van der Waals surface area contributed by atoms with Crippen LogP contribution in [0.2, 0.25) is 5.02 Å². The molecule has 2 aromatic heterocycles. The Morgan fingerprint density at radius 2 is 1.69 bits per heavy atom. The molecule has 0 spiro atoms. The van der Waals surface area contributed by atoms with E-state index in [-0.39, 0.29) is 28.8 Å². The normalized spacial score (nSPS) is 14.4. The second kappa shape index (κ2) is 8.24. The molecule has 0 N–H and O–H groups in total. The molecule has 0 saturated heterocycles. The van der Waals surface area contributed by atoms with Crippen molar-refractivity contribution in [2.45, 2.75) is 39.7 Å². The first-order valence-corrected chi connectivity index (χ1v) is 10.7. The van der Waals surface area contributed by atoms with Crippen LogP contribution in [0.25, 0.3) is 17.0 Å². The second-order valence-corrected chi connectivity index (χ2v) is 8.63. The summed E-state index contributed by atoms with van der Waals surface area (Å²) >= 11 is 6.12. The number of hydrogen-bond acceptors (Lipinski definition) is 4. The van der Waals surface area contributed by atoms with Crippen LogP contribution in [0.1, 0.15) is 44.9 Å². The number of aromatic nitrogens is 3. The Hall–Kier alpha value is -3.45. The minimum Gasteiger partial charge on any atom is -0.858 e. The van der Waals surface area contributed by atoms with Gasteiger partial charge in [-0.1, -0.05) is 37.6 Å². The summed E-state index contributed by atoms with van der Waals surface area (Å²) in [4.78, 5) is 28.0. The van der Waals surface area contributed by atoms with Crippen molar-refractivity contribution < 1.29 is 19.3 Å². The fourth-order valence-electron chi connectivity index (χ4n) is 3.86. The summed E-state index contributed by atoms with van der Waals surface area (Å²) in [5.74, 6) is -1.57. The zero-order chi connectivity index (χ0) is 23.2. The molecule has 0 aliphatic carbocycles. The standard InChI is InChI=1S/C24H23ClN4O3/c1-14(2)20-18(23(31)29(26-20)17-10-8-9-16(25)13-17)19-21(27-11-6-5-7-12-27)24(32)28(15(3)4)22(19)30/h5-15H,1-4H3. The third kappa shape index (κ3) is 3.48. The SMILES string of the molecule is CC(C)c1nn(-c2cccc(Cl)c2)c([O-])c1C1=C([n+]2ccccc2)C(=O)N(C(C)C)C1=O. The molecule has 8 heteroatoms. The van der Waals surface area contributed by atoms with Crippen LogP contribution in [-0.4, -0.2) is 32.5 Å². The molecular weight excluding hydrogens is 428 g/mol. The van der Waals surface area contributed by atoms with Gasteiger partial charge in [-0.25, -0.2) is 4.68 Å². The monoisotopic (exact) mass is 450 g/mol. The Balaban J connectivity index is 2.04. The molecule has 32 heavy (non-hydrogen) atoms. The smallest absolute Gasteiger partial charge is 0.327 e. The van der Waals surface area contributed by atoms with Gasteiger partial charge in [-0.2, -0.15) is 9.67 Å². The first kappa shape index (κ1) is 21.8. The highest BCUT2D eigenvalue weighted by Crippen LogP contribution is 2.39. The third-order valence-corrected chi connectivity index (χ3v) is 5.54. The maximum absolute atomic E-state index is 13.6. The van der Waals surface area contributed by atoms with Gasteiger partial charge in [-0.15, -0.1) is 0 Å². The van der Waals surface area contributed by atoms with Crippen molar-refractivity contribution in [2.75, 3.05) is 0 Å². The van der Waals surface area contributed by atoms with Gasteiger partial charge in [-0.3, -0.25) is 14.5 Å². The number of imide groups is 1. The topological polar surface area (TPSA) is 82.1 Å². The molecule has 1 aromatic carbocycles. The van der Waals surface area contributed by atoms with Crippen LogP contribution in [0.5, 0.6) is 5.88 Å². The van der Waals surface area contributed by atoms with Gasteiger partial charge in [0.1, 0.15) is 5.57 Å². The highest BCUT2D eigenvalue weighted by atomic mass is 35.5. The Labute approximate surface area is 191 Å². The van der Waals surface area contributed by atoms with Crippen molar-refractivity contribution in [3.8, 4) is 11.6 Å². The number of rotatable bonds is 5. The van der Waals surface area contributed by atoms with E-state index in [9.17, 15) is 14.7 Å². The van der Waals surface area contributed by atoms with E-state index in [1.807, 2.05) is 19.9 Å². The molecule has 0 fully saturated rings. The Morgan fingerprint density at radius 3 is 2.28 bits per heavy atom. The van der Waals surface area contributed by atoms with Gasteiger partial charge < -0.3 is 5.11 Å². The zero-order valence-corrected chi connectivity index (χ0v) is 19.0. The van der Waals surface area contributed by atoms with Crippen molar-refractivity contribution in [3.05, 3.63) is 71.1 Å². The number of carbonyl (C=O) groups is 2. The van der Waals surface area contributed by atoms with Crippen LogP contribution in [-0.2, 0) is 9.59 Å². The van der Waals surface area contributed by atoms with E-state index in [0.717, 1.165) is 0 Å². The minimum absolute atomic E-state index is 0.0712. The lowest BCUT2D eigenvalue weighted by Crippen LogP contribution is -2.42. The molecule has 164 valence electrons. The first-order chi connectivity index (χ1) is 15.2. The Kier molecular flexibility index (Phi) is 5.60. The molecule has 1 aliphatic heterocycles. The largest absolute Gasteiger partial charge is 0.858 e. The first-order valence-electron chi connectivity index (χ1n) is 10.4. The summed E-state index contributed by atoms with van der Waals surface area (Å²) in [7, 11) is 0. The van der Waals surface area contributed by atoms with Gasteiger partial charge in [0.05, 0.1) is 11.4 Å². The highest BCUT2D eigenvalue weighted by molar-refractivity contribution is 6.45. The van der Waals surface area contributed by atoms with E-state index < -0.39 is 17.7 Å². The van der Waals surface area contributed by atoms with Crippen molar-refractivity contribution >= 4 is 34.7 Å². The number of amides is 2. The molecule has 0 radical (unpaired) electrons. The van der Waals surface area contributed by atoms with Gasteiger partial charge in [0, 0.05) is 28.8 Å². The fraction of sp³-hybridized carbons (Fsp3) is 0.250. The van der Waals surface area contributed by atoms with Crippen LogP contribution >= 0.6 is 11.6 Å². The molecule has 0 atom stereocenters. The maximum Gasteiger partial charge on any atom is 0.327 e. The molecule has 0 bridgehead atoms. The zero-order valence-electron chi connectivity index (χ0n) is 18.2. The highest BCUT2D eigenvalue weighted by Gasteiger charge is 2.47. The molecule has 3 aromatic rings. The lowest BCUT2D eigenvalue weighted by Gasteiger charge is -2.19. The number of hydrogen-bond donors (Lipinski definition) is 0. The van der Waals surface area contributed by atoms with Crippen molar-refractivity contribution in [1.29, 1.82) is 0 Å². The Bertz CT molecular complexity index is 1250. The summed E-state index contributed by atoms with van der Waals surface area (Å²) < 4.78 is 2.82. The van der Waals surface area contributed by atoms with E-state index >= 15 is 0 Å². The molecule has 4 rings (SSSR count). The van der Waals surface area contributed by atoms with Gasteiger partial charge in [0.2, 0.25) is 0 Å². The summed E-state index contributed by atoms with van der Waals surface area (Å²) in [6, 6.07) is 11.7. The average molecular weight is 451 g/mol. The maximum atomic E-state index is 13.6. The van der Waals surface area contributed by atoms with Gasteiger partial charge >= 0.3 is 5.91 Å². The summed E-state index contributed by atoms with van der Waals surface area (Å²) in [5, 5.41) is 18.6. The van der Waals surface area contributed by atoms with E-state index in [4.69, 9.17) is 11.6 Å². The van der Waals surface area contributed by atoms with Crippen LogP contribution in [0, 0.1) is 0 Å². The van der Waals surface area contributed by atoms with Crippen molar-refractivity contribution in [2.24, 2.45) is 0 Å². The summed E-state index contributed by atoms with van der Waals surface area (Å²) in [5.41, 5.74) is 1.30. The summed E-state index contributed by atoms with van der Waals surface area (Å²) in [6.07, 6.45) is 3.37. The number of benzene rings is 1. The quantitative estimate of drug-likeness (QED) is 0.441. The van der Waals surface area contributed by atoms with Crippen LogP contribution in [0.3, 0.4) is 0 Å². The predicted molar refractivity (Wildman–Crippen MR) is 119 cm³/mol. The summed E-state index contributed by atoms with van der Waals surface area (Å²) in [6.45, 7) is 7.32. The van der Waals surface area contributed by atoms with Crippen LogP contribution < -0.4 is 9.67 Å².